The number of benzene rings is 1. The van der Waals surface area contributed by atoms with Crippen molar-refractivity contribution in [2.24, 2.45) is 0 Å². The number of aliphatic carboxylic acids is 1. The zero-order valence-electron chi connectivity index (χ0n) is 9.24. The van der Waals surface area contributed by atoms with Crippen LogP contribution in [-0.4, -0.2) is 18.4 Å². The van der Waals surface area contributed by atoms with Crippen LogP contribution in [0.25, 0.3) is 0 Å². The fourth-order valence-electron chi connectivity index (χ4n) is 1.34. The van der Waals surface area contributed by atoms with E-state index < -0.39 is 5.97 Å². The molecule has 0 atom stereocenters. The number of hydrogen-bond acceptors (Lipinski definition) is 3. The summed E-state index contributed by atoms with van der Waals surface area (Å²) < 4.78 is 0. The molecule has 0 aliphatic carbocycles. The van der Waals surface area contributed by atoms with Crippen LogP contribution in [-0.2, 0) is 16.0 Å². The molecular formula is C12H13ClNO3-. The van der Waals surface area contributed by atoms with Crippen molar-refractivity contribution in [1.29, 1.82) is 0 Å². The van der Waals surface area contributed by atoms with Gasteiger partial charge in [-0.25, -0.2) is 0 Å². The molecule has 0 saturated heterocycles. The lowest BCUT2D eigenvalue weighted by Gasteiger charge is -2.06. The monoisotopic (exact) mass is 254 g/mol. The number of halogens is 1. The zero-order chi connectivity index (χ0) is 12.7. The van der Waals surface area contributed by atoms with Gasteiger partial charge in [0.1, 0.15) is 0 Å². The third-order valence-corrected chi connectivity index (χ3v) is 2.42. The van der Waals surface area contributed by atoms with E-state index in [0.29, 0.717) is 18.0 Å². The SMILES string of the molecule is O=C([O-])CCC(=O)NCCc1cccc(Cl)c1. The minimum absolute atomic E-state index is 0.0438. The zero-order valence-corrected chi connectivity index (χ0v) is 10.00. The summed E-state index contributed by atoms with van der Waals surface area (Å²) in [5.41, 5.74) is 1.03. The first-order valence-corrected chi connectivity index (χ1v) is 5.66. The Labute approximate surface area is 105 Å². The van der Waals surface area contributed by atoms with Gasteiger partial charge in [-0.2, -0.15) is 0 Å². The predicted molar refractivity (Wildman–Crippen MR) is 62.4 cm³/mol. The first-order valence-electron chi connectivity index (χ1n) is 5.29. The minimum atomic E-state index is -1.21. The second-order valence-corrected chi connectivity index (χ2v) is 4.04. The molecule has 1 aromatic rings. The molecular weight excluding hydrogens is 242 g/mol. The average Bonchev–Trinajstić information content (AvgIpc) is 2.26. The third kappa shape index (κ3) is 5.92. The molecule has 0 bridgehead atoms. The van der Waals surface area contributed by atoms with Gasteiger partial charge in [0, 0.05) is 24.0 Å². The molecule has 0 unspecified atom stereocenters. The Hall–Kier alpha value is -1.55. The normalized spacial score (nSPS) is 9.94. The summed E-state index contributed by atoms with van der Waals surface area (Å²) in [5, 5.41) is 13.4. The number of hydrogen-bond donors (Lipinski definition) is 1. The molecule has 0 fully saturated rings. The van der Waals surface area contributed by atoms with Crippen molar-refractivity contribution in [2.45, 2.75) is 19.3 Å². The number of carbonyl (C=O) groups excluding carboxylic acids is 2. The summed E-state index contributed by atoms with van der Waals surface area (Å²) >= 11 is 5.81. The van der Waals surface area contributed by atoms with Crippen molar-refractivity contribution in [3.63, 3.8) is 0 Å². The van der Waals surface area contributed by atoms with Gasteiger partial charge in [-0.05, 0) is 30.5 Å². The largest absolute Gasteiger partial charge is 0.550 e. The summed E-state index contributed by atoms with van der Waals surface area (Å²) in [5.74, 6) is -1.49. The molecule has 1 aromatic carbocycles. The smallest absolute Gasteiger partial charge is 0.220 e. The molecule has 0 spiro atoms. The Bertz CT molecular complexity index is 406. The minimum Gasteiger partial charge on any atom is -0.550 e. The van der Waals surface area contributed by atoms with E-state index in [1.54, 1.807) is 6.07 Å². The summed E-state index contributed by atoms with van der Waals surface area (Å²) in [6.45, 7) is 0.465. The Morgan fingerprint density at radius 1 is 1.29 bits per heavy atom. The van der Waals surface area contributed by atoms with Gasteiger partial charge in [-0.15, -0.1) is 0 Å². The molecule has 0 heterocycles. The van der Waals surface area contributed by atoms with Gasteiger partial charge in [0.2, 0.25) is 5.91 Å². The number of nitrogens with one attached hydrogen (secondary N) is 1. The lowest BCUT2D eigenvalue weighted by Crippen LogP contribution is -2.29. The molecule has 0 aromatic heterocycles. The molecule has 0 saturated carbocycles. The molecule has 92 valence electrons. The molecule has 1 rings (SSSR count). The fraction of sp³-hybridized carbons (Fsp3) is 0.333. The number of amides is 1. The summed E-state index contributed by atoms with van der Waals surface area (Å²) in [4.78, 5) is 21.3. The van der Waals surface area contributed by atoms with Gasteiger partial charge in [-0.1, -0.05) is 23.7 Å². The number of carboxylic acids is 1. The van der Waals surface area contributed by atoms with Gasteiger partial charge >= 0.3 is 0 Å². The van der Waals surface area contributed by atoms with E-state index in [0.717, 1.165) is 5.56 Å². The van der Waals surface area contributed by atoms with Crippen molar-refractivity contribution in [2.75, 3.05) is 6.54 Å². The molecule has 1 amide bonds. The Morgan fingerprint density at radius 3 is 2.71 bits per heavy atom. The first kappa shape index (κ1) is 13.5. The topological polar surface area (TPSA) is 69.2 Å². The maximum absolute atomic E-state index is 11.2. The number of carboxylic acid groups (broad SMARTS) is 1. The highest BCUT2D eigenvalue weighted by Gasteiger charge is 2.01. The van der Waals surface area contributed by atoms with Crippen LogP contribution in [0.4, 0.5) is 0 Å². The van der Waals surface area contributed by atoms with Crippen LogP contribution in [0.5, 0.6) is 0 Å². The van der Waals surface area contributed by atoms with Crippen LogP contribution in [0, 0.1) is 0 Å². The number of carbonyl (C=O) groups is 2. The highest BCUT2D eigenvalue weighted by atomic mass is 35.5. The van der Waals surface area contributed by atoms with Crippen molar-refractivity contribution in [3.05, 3.63) is 34.9 Å². The van der Waals surface area contributed by atoms with Crippen molar-refractivity contribution < 1.29 is 14.7 Å². The Morgan fingerprint density at radius 2 is 2.06 bits per heavy atom. The maximum atomic E-state index is 11.2. The second kappa shape index (κ2) is 6.91. The van der Waals surface area contributed by atoms with E-state index in [9.17, 15) is 14.7 Å². The van der Waals surface area contributed by atoms with Gasteiger partial charge in [0.05, 0.1) is 0 Å². The quantitative estimate of drug-likeness (QED) is 0.805. The number of rotatable bonds is 6. The second-order valence-electron chi connectivity index (χ2n) is 3.60. The highest BCUT2D eigenvalue weighted by molar-refractivity contribution is 6.30. The van der Waals surface area contributed by atoms with Crippen LogP contribution in [0.1, 0.15) is 18.4 Å². The molecule has 0 aliphatic heterocycles. The van der Waals surface area contributed by atoms with E-state index >= 15 is 0 Å². The van der Waals surface area contributed by atoms with Gasteiger partial charge in [0.15, 0.2) is 0 Å². The summed E-state index contributed by atoms with van der Waals surface area (Å²) in [6, 6.07) is 7.37. The van der Waals surface area contributed by atoms with E-state index in [1.165, 1.54) is 0 Å². The van der Waals surface area contributed by atoms with Crippen LogP contribution in [0.2, 0.25) is 5.02 Å². The predicted octanol–water partition coefficient (Wildman–Crippen LogP) is 0.529. The van der Waals surface area contributed by atoms with E-state index in [1.807, 2.05) is 18.2 Å². The standard InChI is InChI=1S/C12H14ClNO3/c13-10-3-1-2-9(8-10)6-7-14-11(15)4-5-12(16)17/h1-3,8H,4-7H2,(H,14,15)(H,16,17)/p-1. The van der Waals surface area contributed by atoms with Crippen LogP contribution in [0.3, 0.4) is 0 Å². The molecule has 0 aliphatic rings. The molecule has 5 heteroatoms. The van der Waals surface area contributed by atoms with Crippen LogP contribution >= 0.6 is 11.6 Å². The van der Waals surface area contributed by atoms with E-state index in [4.69, 9.17) is 11.6 Å². The van der Waals surface area contributed by atoms with Gasteiger partial charge in [0.25, 0.3) is 0 Å². The third-order valence-electron chi connectivity index (χ3n) is 2.18. The van der Waals surface area contributed by atoms with E-state index in [-0.39, 0.29) is 18.7 Å². The van der Waals surface area contributed by atoms with Crippen molar-refractivity contribution in [1.82, 2.24) is 5.32 Å². The van der Waals surface area contributed by atoms with Crippen molar-refractivity contribution in [3.8, 4) is 0 Å². The van der Waals surface area contributed by atoms with E-state index in [2.05, 4.69) is 5.32 Å². The Balaban J connectivity index is 2.23. The lowest BCUT2D eigenvalue weighted by atomic mass is 10.1. The lowest BCUT2D eigenvalue weighted by molar-refractivity contribution is -0.305. The first-order chi connectivity index (χ1) is 8.08. The fourth-order valence-corrected chi connectivity index (χ4v) is 1.56. The molecule has 17 heavy (non-hydrogen) atoms. The van der Waals surface area contributed by atoms with Crippen LogP contribution < -0.4 is 10.4 Å². The maximum Gasteiger partial charge on any atom is 0.220 e. The average molecular weight is 255 g/mol. The summed E-state index contributed by atoms with van der Waals surface area (Å²) in [6.07, 6.45) is 0.374. The molecule has 1 N–H and O–H groups in total. The van der Waals surface area contributed by atoms with Crippen LogP contribution in [0.15, 0.2) is 24.3 Å². The summed E-state index contributed by atoms with van der Waals surface area (Å²) in [7, 11) is 0. The molecule has 4 nitrogen and oxygen atoms in total. The van der Waals surface area contributed by atoms with Gasteiger partial charge < -0.3 is 15.2 Å². The highest BCUT2D eigenvalue weighted by Crippen LogP contribution is 2.10. The van der Waals surface area contributed by atoms with Crippen molar-refractivity contribution >= 4 is 23.5 Å². The molecule has 0 radical (unpaired) electrons. The van der Waals surface area contributed by atoms with Gasteiger partial charge in [-0.3, -0.25) is 4.79 Å². The Kier molecular flexibility index (Phi) is 5.49.